The van der Waals surface area contributed by atoms with Gasteiger partial charge in [-0.1, -0.05) is 27.7 Å². The Balaban J connectivity index is 2.55. The Kier molecular flexibility index (Phi) is 5.97. The summed E-state index contributed by atoms with van der Waals surface area (Å²) < 4.78 is 43.0. The predicted octanol–water partition coefficient (Wildman–Crippen LogP) is 5.41. The van der Waals surface area contributed by atoms with Gasteiger partial charge in [0.25, 0.3) is 0 Å². The zero-order valence-electron chi connectivity index (χ0n) is 13.1. The molecule has 0 spiro atoms. The van der Waals surface area contributed by atoms with Crippen LogP contribution in [-0.2, 0) is 0 Å². The van der Waals surface area contributed by atoms with Crippen molar-refractivity contribution in [1.82, 2.24) is 9.97 Å². The van der Waals surface area contributed by atoms with Gasteiger partial charge in [0.2, 0.25) is 0 Å². The van der Waals surface area contributed by atoms with Crippen LogP contribution in [0.3, 0.4) is 0 Å². The monoisotopic (exact) mass is 421 g/mol. The summed E-state index contributed by atoms with van der Waals surface area (Å²) in [5, 5.41) is 0.536. The number of hydrogen-bond acceptors (Lipinski definition) is 5. The summed E-state index contributed by atoms with van der Waals surface area (Å²) in [6, 6.07) is 6.01. The van der Waals surface area contributed by atoms with Gasteiger partial charge in [0.05, 0.1) is 5.69 Å². The van der Waals surface area contributed by atoms with Gasteiger partial charge >= 0.3 is 6.36 Å². The highest BCUT2D eigenvalue weighted by atomic mass is 79.9. The number of rotatable bonds is 5. The molecule has 0 unspecified atom stereocenters. The molecule has 1 aromatic carbocycles. The van der Waals surface area contributed by atoms with Crippen LogP contribution in [0.4, 0.5) is 24.7 Å². The third-order valence-electron chi connectivity index (χ3n) is 2.97. The molecule has 0 bridgehead atoms. The van der Waals surface area contributed by atoms with E-state index in [1.54, 1.807) is 29.3 Å². The number of alkyl halides is 3. The summed E-state index contributed by atoms with van der Waals surface area (Å²) in [5.74, 6) is 0.202. The number of ether oxygens (including phenoxy) is 1. The quantitative estimate of drug-likeness (QED) is 0.476. The maximum atomic E-state index is 12.8. The Bertz CT molecular complexity index is 713. The summed E-state index contributed by atoms with van der Waals surface area (Å²) in [5.41, 5.74) is 0.274. The van der Waals surface area contributed by atoms with Crippen molar-refractivity contribution >= 4 is 39.2 Å². The van der Waals surface area contributed by atoms with E-state index in [0.29, 0.717) is 15.4 Å². The Hall–Kier alpha value is -1.48. The van der Waals surface area contributed by atoms with Gasteiger partial charge < -0.3 is 9.64 Å². The van der Waals surface area contributed by atoms with E-state index in [1.807, 2.05) is 20.1 Å². The van der Waals surface area contributed by atoms with Crippen molar-refractivity contribution < 1.29 is 17.9 Å². The highest BCUT2D eigenvalue weighted by Gasteiger charge is 2.33. The molecule has 24 heavy (non-hydrogen) atoms. The van der Waals surface area contributed by atoms with Crippen LogP contribution in [0.25, 0.3) is 0 Å². The molecule has 0 aliphatic carbocycles. The first-order valence-electron chi connectivity index (χ1n) is 6.93. The number of thioether (sulfide) groups is 1. The number of benzene rings is 1. The van der Waals surface area contributed by atoms with Crippen LogP contribution in [0.5, 0.6) is 5.75 Å². The van der Waals surface area contributed by atoms with Crippen LogP contribution in [0, 0.1) is 0 Å². The van der Waals surface area contributed by atoms with Crippen LogP contribution in [0.2, 0.25) is 0 Å². The lowest BCUT2D eigenvalue weighted by molar-refractivity contribution is -0.274. The standard InChI is InChI=1S/C15H15BrF3N3OS/c1-9(2)22(13-6-7-20-14(21-13)24-3)11-5-4-10(16)8-12(11)23-15(17,18)19/h4-9H,1-3H3. The van der Waals surface area contributed by atoms with Gasteiger partial charge in [0.15, 0.2) is 10.9 Å². The number of hydrogen-bond donors (Lipinski definition) is 0. The van der Waals surface area contributed by atoms with Crippen molar-refractivity contribution in [1.29, 1.82) is 0 Å². The van der Waals surface area contributed by atoms with E-state index in [-0.39, 0.29) is 17.5 Å². The first kappa shape index (κ1) is 18.9. The fraction of sp³-hybridized carbons (Fsp3) is 0.333. The van der Waals surface area contributed by atoms with Crippen molar-refractivity contribution in [2.75, 3.05) is 11.2 Å². The van der Waals surface area contributed by atoms with Crippen LogP contribution in [-0.4, -0.2) is 28.6 Å². The molecule has 130 valence electrons. The maximum absolute atomic E-state index is 12.8. The van der Waals surface area contributed by atoms with Gasteiger partial charge in [-0.2, -0.15) is 0 Å². The molecule has 0 saturated heterocycles. The van der Waals surface area contributed by atoms with Crippen molar-refractivity contribution in [3.63, 3.8) is 0 Å². The summed E-state index contributed by atoms with van der Waals surface area (Å²) in [4.78, 5) is 10.1. The summed E-state index contributed by atoms with van der Waals surface area (Å²) in [7, 11) is 0. The average molecular weight is 422 g/mol. The Labute approximate surface area is 150 Å². The minimum atomic E-state index is -4.78. The molecular weight excluding hydrogens is 407 g/mol. The minimum absolute atomic E-state index is 0.147. The molecule has 9 heteroatoms. The Morgan fingerprint density at radius 1 is 1.25 bits per heavy atom. The third kappa shape index (κ3) is 4.76. The van der Waals surface area contributed by atoms with Gasteiger partial charge in [-0.15, -0.1) is 13.2 Å². The molecule has 2 aromatic rings. The molecule has 0 amide bonds. The molecular formula is C15H15BrF3N3OS. The van der Waals surface area contributed by atoms with Crippen molar-refractivity contribution in [2.24, 2.45) is 0 Å². The molecule has 4 nitrogen and oxygen atoms in total. The van der Waals surface area contributed by atoms with Crippen LogP contribution in [0.1, 0.15) is 13.8 Å². The molecule has 0 atom stereocenters. The normalized spacial score (nSPS) is 11.7. The van der Waals surface area contributed by atoms with Gasteiger partial charge in [-0.05, 0) is 44.4 Å². The zero-order valence-corrected chi connectivity index (χ0v) is 15.5. The average Bonchev–Trinajstić information content (AvgIpc) is 2.48. The topological polar surface area (TPSA) is 38.2 Å². The molecule has 0 aliphatic rings. The Morgan fingerprint density at radius 2 is 1.96 bits per heavy atom. The molecule has 1 aromatic heterocycles. The SMILES string of the molecule is CSc1nccc(N(c2ccc(Br)cc2OC(F)(F)F)C(C)C)n1. The number of nitrogens with zero attached hydrogens (tertiary/aromatic N) is 3. The fourth-order valence-electron chi connectivity index (χ4n) is 2.12. The van der Waals surface area contributed by atoms with E-state index in [4.69, 9.17) is 0 Å². The smallest absolute Gasteiger partial charge is 0.404 e. The third-order valence-corrected chi connectivity index (χ3v) is 4.03. The van der Waals surface area contributed by atoms with E-state index in [9.17, 15) is 13.2 Å². The summed E-state index contributed by atoms with van der Waals surface area (Å²) in [6.07, 6.45) is -1.38. The first-order chi connectivity index (χ1) is 11.2. The number of anilines is 2. The van der Waals surface area contributed by atoms with Crippen molar-refractivity contribution in [2.45, 2.75) is 31.4 Å². The lowest BCUT2D eigenvalue weighted by atomic mass is 10.2. The predicted molar refractivity (Wildman–Crippen MR) is 91.9 cm³/mol. The largest absolute Gasteiger partial charge is 0.573 e. The molecule has 0 N–H and O–H groups in total. The maximum Gasteiger partial charge on any atom is 0.573 e. The zero-order chi connectivity index (χ0) is 17.9. The second-order valence-corrected chi connectivity index (χ2v) is 6.71. The van der Waals surface area contributed by atoms with E-state index < -0.39 is 6.36 Å². The second-order valence-electron chi connectivity index (χ2n) is 5.03. The lowest BCUT2D eigenvalue weighted by Crippen LogP contribution is -2.28. The molecule has 1 heterocycles. The molecule has 0 radical (unpaired) electrons. The molecule has 0 saturated carbocycles. The minimum Gasteiger partial charge on any atom is -0.404 e. The Morgan fingerprint density at radius 3 is 2.54 bits per heavy atom. The summed E-state index contributed by atoms with van der Waals surface area (Å²) in [6.45, 7) is 3.72. The molecule has 0 fully saturated rings. The van der Waals surface area contributed by atoms with Gasteiger partial charge in [-0.3, -0.25) is 0 Å². The van der Waals surface area contributed by atoms with Crippen LogP contribution < -0.4 is 9.64 Å². The van der Waals surface area contributed by atoms with Crippen molar-refractivity contribution in [3.8, 4) is 5.75 Å². The number of halogens is 4. The lowest BCUT2D eigenvalue weighted by Gasteiger charge is -2.30. The van der Waals surface area contributed by atoms with Gasteiger partial charge in [0, 0.05) is 16.7 Å². The molecule has 0 aliphatic heterocycles. The summed E-state index contributed by atoms with van der Waals surface area (Å²) >= 11 is 4.53. The van der Waals surface area contributed by atoms with E-state index in [1.165, 1.54) is 17.8 Å². The fourth-order valence-corrected chi connectivity index (χ4v) is 2.82. The highest BCUT2D eigenvalue weighted by molar-refractivity contribution is 9.10. The van der Waals surface area contributed by atoms with Crippen LogP contribution >= 0.6 is 27.7 Å². The van der Waals surface area contributed by atoms with Crippen LogP contribution in [0.15, 0.2) is 40.1 Å². The second kappa shape index (κ2) is 7.60. The number of aromatic nitrogens is 2. The van der Waals surface area contributed by atoms with Gasteiger partial charge in [-0.25, -0.2) is 9.97 Å². The molecule has 2 rings (SSSR count). The van der Waals surface area contributed by atoms with E-state index in [0.717, 1.165) is 0 Å². The van der Waals surface area contributed by atoms with Crippen molar-refractivity contribution in [3.05, 3.63) is 34.9 Å². The van der Waals surface area contributed by atoms with Gasteiger partial charge in [0.1, 0.15) is 5.82 Å². The van der Waals surface area contributed by atoms with E-state index in [2.05, 4.69) is 30.6 Å². The highest BCUT2D eigenvalue weighted by Crippen LogP contribution is 2.39. The van der Waals surface area contributed by atoms with E-state index >= 15 is 0 Å². The first-order valence-corrected chi connectivity index (χ1v) is 8.94.